The monoisotopic (exact) mass is 1970 g/mol. The van der Waals surface area contributed by atoms with Gasteiger partial charge in [-0.2, -0.15) is 0 Å². The van der Waals surface area contributed by atoms with Crippen molar-refractivity contribution in [2.75, 3.05) is 19.8 Å². The van der Waals surface area contributed by atoms with Gasteiger partial charge >= 0.3 is 31.7 Å². The van der Waals surface area contributed by atoms with Crippen molar-refractivity contribution in [2.45, 2.75) is 629 Å². The van der Waals surface area contributed by atoms with Gasteiger partial charge in [-0.25, -0.2) is 4.57 Å². The van der Waals surface area contributed by atoms with Gasteiger partial charge in [0.2, 0.25) is 23.6 Å². The predicted octanol–water partition coefficient (Wildman–Crippen LogP) is 24.0. The average molecular weight is 1970 g/mol. The highest BCUT2D eigenvalue weighted by Crippen LogP contribution is 2.43. The lowest BCUT2D eigenvalue weighted by atomic mass is 9.95. The van der Waals surface area contributed by atoms with Gasteiger partial charge in [0.15, 0.2) is 24.8 Å². The molecule has 28 heteroatoms. The molecule has 2 aliphatic rings. The summed E-state index contributed by atoms with van der Waals surface area (Å²) in [7, 11) is -5.70. The number of carbonyl (C=O) groups excluding carboxylic acids is 8. The van der Waals surface area contributed by atoms with Gasteiger partial charge in [-0.1, -0.05) is 440 Å². The van der Waals surface area contributed by atoms with Crippen LogP contribution >= 0.6 is 7.82 Å². The maximum atomic E-state index is 15.3. The third-order valence-electron chi connectivity index (χ3n) is 27.2. The van der Waals surface area contributed by atoms with E-state index in [1.54, 1.807) is 0 Å². The zero-order valence-corrected chi connectivity index (χ0v) is 88.6. The minimum atomic E-state index is -5.70. The molecular weight excluding hydrogens is 1760 g/mol. The zero-order chi connectivity index (χ0) is 100. The zero-order valence-electron chi connectivity index (χ0n) is 87.7. The lowest BCUT2D eigenvalue weighted by Gasteiger charge is -2.46. The highest BCUT2D eigenvalue weighted by molar-refractivity contribution is 7.46. The lowest BCUT2D eigenvalue weighted by Crippen LogP contribution is -2.68. The molecule has 10 N–H and O–H groups in total. The first-order valence-corrected chi connectivity index (χ1v) is 58.3. The molecule has 0 unspecified atom stereocenters. The molecule has 804 valence electrons. The van der Waals surface area contributed by atoms with Crippen LogP contribution in [0.2, 0.25) is 0 Å². The Bertz CT molecular complexity index is 2990. The molecule has 2 saturated heterocycles. The number of ether oxygens (including phenoxy) is 7. The summed E-state index contributed by atoms with van der Waals surface area (Å²) >= 11 is 0. The SMILES string of the molecule is CCCCCCCCCCCCCC(=O)N[C@@H](CC(=O)N[C@H]1[C@H](OC[C@H]2O[C@@H](O)[C@H](NC(=O)C[C@@H](CCCCCCCCCCC)OC(=O)CCCCCCCCCCCCC)[C@@H](OC(=O)C[C@H](O)CCCCCCCCCCC)[C@@H]2O)O[C@H](CO)[C@@H](OP(=O)(O)O)[C@@H]1OC(=O)C[C@@H](CCCCCCCCCCC)OC(=O)CCCCCCCCCCCCC)C(=O)NCCCCCCCCC. The first-order valence-electron chi connectivity index (χ1n) is 56.7. The third kappa shape index (κ3) is 70.1. The summed E-state index contributed by atoms with van der Waals surface area (Å²) in [4.78, 5) is 137. The van der Waals surface area contributed by atoms with Crippen molar-refractivity contribution < 1.29 is 111 Å². The van der Waals surface area contributed by atoms with E-state index in [0.717, 1.165) is 257 Å². The second-order valence-electron chi connectivity index (χ2n) is 40.2. The largest absolute Gasteiger partial charge is 0.470 e. The molecule has 2 aliphatic heterocycles. The van der Waals surface area contributed by atoms with Crippen LogP contribution in [0.4, 0.5) is 0 Å². The Balaban J connectivity index is 2.86. The minimum Gasteiger partial charge on any atom is -0.462 e. The van der Waals surface area contributed by atoms with E-state index in [9.17, 15) is 63.5 Å². The summed E-state index contributed by atoms with van der Waals surface area (Å²) in [5.41, 5.74) is 0. The Morgan fingerprint density at radius 1 is 0.343 bits per heavy atom. The highest BCUT2D eigenvalue weighted by Gasteiger charge is 2.54. The molecule has 2 rings (SSSR count). The molecule has 137 heavy (non-hydrogen) atoms. The Morgan fingerprint density at radius 3 is 1.06 bits per heavy atom. The Hall–Kier alpha value is -4.41. The van der Waals surface area contributed by atoms with Gasteiger partial charge in [0, 0.05) is 25.8 Å². The van der Waals surface area contributed by atoms with Crippen LogP contribution in [0.15, 0.2) is 0 Å². The van der Waals surface area contributed by atoms with Crippen LogP contribution in [0.1, 0.15) is 543 Å². The van der Waals surface area contributed by atoms with Crippen molar-refractivity contribution in [2.24, 2.45) is 0 Å². The topological polar surface area (TPSA) is 397 Å². The molecule has 0 spiro atoms. The van der Waals surface area contributed by atoms with E-state index in [1.165, 1.54) is 128 Å². The molecule has 27 nitrogen and oxygen atoms in total. The highest BCUT2D eigenvalue weighted by atomic mass is 31.2. The smallest absolute Gasteiger partial charge is 0.462 e. The van der Waals surface area contributed by atoms with Crippen LogP contribution < -0.4 is 21.3 Å². The number of carbonyl (C=O) groups is 8. The summed E-state index contributed by atoms with van der Waals surface area (Å²) in [6.45, 7) is 13.5. The molecule has 0 saturated carbocycles. The van der Waals surface area contributed by atoms with Crippen molar-refractivity contribution in [1.29, 1.82) is 0 Å². The Labute approximate surface area is 831 Å². The fourth-order valence-electron chi connectivity index (χ4n) is 18.7. The van der Waals surface area contributed by atoms with E-state index in [1.807, 2.05) is 0 Å². The summed E-state index contributed by atoms with van der Waals surface area (Å²) in [5, 5.41) is 58.9. The number of phosphoric acid groups is 1. The number of aliphatic hydroxyl groups excluding tert-OH is 4. The van der Waals surface area contributed by atoms with Crippen molar-refractivity contribution in [3.8, 4) is 0 Å². The van der Waals surface area contributed by atoms with E-state index in [4.69, 9.17) is 37.7 Å². The fraction of sp³-hybridized carbons (Fsp3) is 0.927. The van der Waals surface area contributed by atoms with Gasteiger partial charge in [0.05, 0.1) is 45.0 Å². The van der Waals surface area contributed by atoms with Crippen molar-refractivity contribution >= 4 is 55.3 Å². The number of nitrogens with one attached hydrogen (secondary N) is 4. The number of unbranched alkanes of at least 4 members (excludes halogenated alkanes) is 60. The minimum absolute atomic E-state index is 0.0399. The average Bonchev–Trinajstić information content (AvgIpc) is 0.778. The molecule has 0 aromatic rings. The molecule has 2 fully saturated rings. The number of hydrogen-bond donors (Lipinski definition) is 10. The molecule has 14 atom stereocenters. The van der Waals surface area contributed by atoms with E-state index >= 15 is 9.59 Å². The van der Waals surface area contributed by atoms with Crippen LogP contribution in [0.25, 0.3) is 0 Å². The summed E-state index contributed by atoms with van der Waals surface area (Å²) in [6, 6.07) is -5.18. The molecule has 0 radical (unpaired) electrons. The van der Waals surface area contributed by atoms with E-state index < -0.39 is 173 Å². The molecule has 0 aliphatic carbocycles. The molecule has 2 heterocycles. The Morgan fingerprint density at radius 2 is 0.672 bits per heavy atom. The normalized spacial score (nSPS) is 19.3. The van der Waals surface area contributed by atoms with Crippen LogP contribution in [-0.4, -0.2) is 183 Å². The first kappa shape index (κ1) is 129. The third-order valence-corrected chi connectivity index (χ3v) is 27.7. The van der Waals surface area contributed by atoms with E-state index in [2.05, 4.69) is 69.7 Å². The molecule has 0 aromatic carbocycles. The van der Waals surface area contributed by atoms with Gasteiger partial charge in [0.25, 0.3) is 0 Å². The number of esters is 4. The second-order valence-corrected chi connectivity index (χ2v) is 41.4. The lowest BCUT2D eigenvalue weighted by molar-refractivity contribution is -0.298. The van der Waals surface area contributed by atoms with Gasteiger partial charge < -0.3 is 84.6 Å². The quantitative estimate of drug-likeness (QED) is 0.0117. The number of rotatable bonds is 96. The predicted molar refractivity (Wildman–Crippen MR) is 545 cm³/mol. The molecule has 4 amide bonds. The van der Waals surface area contributed by atoms with Gasteiger partial charge in [-0.15, -0.1) is 0 Å². The number of hydrogen-bond acceptors (Lipinski definition) is 21. The maximum absolute atomic E-state index is 15.3. The summed E-state index contributed by atoms with van der Waals surface area (Å²) in [6.07, 6.45) is 48.8. The molecule has 0 bridgehead atoms. The van der Waals surface area contributed by atoms with E-state index in [-0.39, 0.29) is 45.1 Å². The van der Waals surface area contributed by atoms with Gasteiger partial charge in [-0.05, 0) is 57.8 Å². The second kappa shape index (κ2) is 88.1. The molecular formula is C109H205N4O23P. The number of amides is 4. The van der Waals surface area contributed by atoms with Crippen LogP contribution in [0.3, 0.4) is 0 Å². The van der Waals surface area contributed by atoms with Crippen LogP contribution in [0, 0.1) is 0 Å². The summed E-state index contributed by atoms with van der Waals surface area (Å²) in [5.74, 6) is -6.01. The molecule has 0 aromatic heterocycles. The van der Waals surface area contributed by atoms with Crippen molar-refractivity contribution in [3.63, 3.8) is 0 Å². The van der Waals surface area contributed by atoms with Gasteiger partial charge in [-0.3, -0.25) is 42.9 Å². The fourth-order valence-corrected chi connectivity index (χ4v) is 19.3. The number of phosphoric ester groups is 1. The van der Waals surface area contributed by atoms with Crippen LogP contribution in [-0.2, 0) is 80.6 Å². The standard InChI is InChI=1S/C109H205N4O23P/c1-8-15-22-29-36-42-45-51-57-64-71-78-94(116)111-91(107(124)110-81-74-67-60-35-28-21-14-7)85-96(118)113-102-106(135-100(122)84-90(77-70-63-56-50-41-34-27-20-13-6)131-98(120)80-73-66-59-53-47-44-38-31-24-17-10-3)104(136-137(126,127)128)92(86-114)133-109(102)129-87-93-103(123)105(134-99(121)82-88(115)75-68-61-54-48-39-32-25-18-11-4)101(108(125)132-93)112-95(117)83-89(76-69-62-55-49-40-33-26-19-12-5)130-97(119)79-72-65-58-52-46-43-37-30-23-16-9-2/h88-93,101-106,108-109,114-115,123,125H,8-87H2,1-7H3,(H,110,124)(H,111,116)(H,112,117)(H,113,118)(H2,126,127,128)/t88-,89-,90-,91+,92-,93-,101-,102-,103-,104-,105-,106-,108-,109-/m1/s1. The van der Waals surface area contributed by atoms with Crippen LogP contribution in [0.5, 0.6) is 0 Å². The van der Waals surface area contributed by atoms with Crippen molar-refractivity contribution in [3.05, 3.63) is 0 Å². The first-order chi connectivity index (χ1) is 66.5. The van der Waals surface area contributed by atoms with Gasteiger partial charge in [0.1, 0.15) is 54.7 Å². The van der Waals surface area contributed by atoms with E-state index in [0.29, 0.717) is 51.4 Å². The van der Waals surface area contributed by atoms with Crippen molar-refractivity contribution in [1.82, 2.24) is 21.3 Å². The Kier molecular flexibility index (Phi) is 82.7. The maximum Gasteiger partial charge on any atom is 0.470 e. The number of aliphatic hydroxyl groups is 4. The summed E-state index contributed by atoms with van der Waals surface area (Å²) < 4.78 is 62.3.